The maximum atomic E-state index is 9.47. The number of fused-ring (bicyclic) bond motifs is 1. The maximum absolute atomic E-state index is 9.47. The summed E-state index contributed by atoms with van der Waals surface area (Å²) < 4.78 is 5.46. The van der Waals surface area contributed by atoms with Gasteiger partial charge in [-0.15, -0.1) is 0 Å². The first-order chi connectivity index (χ1) is 7.77. The molecule has 0 unspecified atom stereocenters. The molecule has 0 aromatic heterocycles. The molecule has 1 fully saturated rings. The lowest BCUT2D eigenvalue weighted by molar-refractivity contribution is 0.00751. The van der Waals surface area contributed by atoms with Crippen molar-refractivity contribution in [1.29, 1.82) is 0 Å². The first kappa shape index (κ1) is 10.2. The van der Waals surface area contributed by atoms with Crippen LogP contribution in [0.25, 0.3) is 0 Å². The van der Waals surface area contributed by atoms with Crippen LogP contribution < -0.4 is 0 Å². The zero-order chi connectivity index (χ0) is 11.0. The van der Waals surface area contributed by atoms with Crippen LogP contribution in [-0.2, 0) is 17.6 Å². The van der Waals surface area contributed by atoms with Gasteiger partial charge in [0.25, 0.3) is 0 Å². The molecular formula is C14H18O2. The Morgan fingerprint density at radius 1 is 1.06 bits per heavy atom. The fourth-order valence-electron chi connectivity index (χ4n) is 3.14. The first-order valence-corrected chi connectivity index (χ1v) is 6.16. The van der Waals surface area contributed by atoms with Crippen molar-refractivity contribution in [3.8, 4) is 5.75 Å². The van der Waals surface area contributed by atoms with Gasteiger partial charge in [-0.2, -0.15) is 0 Å². The second kappa shape index (κ2) is 3.77. The Morgan fingerprint density at radius 2 is 1.88 bits per heavy atom. The Kier molecular flexibility index (Phi) is 2.40. The van der Waals surface area contributed by atoms with E-state index in [0.717, 1.165) is 19.6 Å². The van der Waals surface area contributed by atoms with E-state index in [0.29, 0.717) is 11.2 Å². The number of ether oxygens (including phenoxy) is 1. The molecule has 2 nitrogen and oxygen atoms in total. The minimum Gasteiger partial charge on any atom is -0.508 e. The van der Waals surface area contributed by atoms with Crippen LogP contribution in [0, 0.1) is 5.41 Å². The van der Waals surface area contributed by atoms with Crippen LogP contribution in [0.1, 0.15) is 30.4 Å². The van der Waals surface area contributed by atoms with E-state index >= 15 is 0 Å². The summed E-state index contributed by atoms with van der Waals surface area (Å²) in [6, 6.07) is 5.85. The van der Waals surface area contributed by atoms with Gasteiger partial charge in [0.05, 0.1) is 0 Å². The Hall–Kier alpha value is -1.02. The van der Waals surface area contributed by atoms with E-state index in [4.69, 9.17) is 4.74 Å². The molecule has 1 spiro atoms. The van der Waals surface area contributed by atoms with E-state index in [2.05, 4.69) is 6.07 Å². The minimum atomic E-state index is 0.404. The second-order valence-electron chi connectivity index (χ2n) is 5.24. The molecule has 1 N–H and O–H groups in total. The topological polar surface area (TPSA) is 29.5 Å². The van der Waals surface area contributed by atoms with Crippen LogP contribution >= 0.6 is 0 Å². The van der Waals surface area contributed by atoms with E-state index < -0.39 is 0 Å². The standard InChI is InChI=1S/C14H18O2/c15-13-2-1-12-10-14(4-3-11(12)9-13)5-7-16-8-6-14/h1-2,9,15H,3-8,10H2. The molecular weight excluding hydrogens is 200 g/mol. The normalized spacial score (nSPS) is 23.0. The summed E-state index contributed by atoms with van der Waals surface area (Å²) in [6.07, 6.45) is 5.95. The van der Waals surface area contributed by atoms with Crippen molar-refractivity contribution < 1.29 is 9.84 Å². The highest BCUT2D eigenvalue weighted by molar-refractivity contribution is 5.37. The molecule has 2 aliphatic rings. The van der Waals surface area contributed by atoms with Crippen LogP contribution in [0.15, 0.2) is 18.2 Å². The number of benzene rings is 1. The molecule has 2 heteroatoms. The molecule has 0 bridgehead atoms. The van der Waals surface area contributed by atoms with Crippen molar-refractivity contribution in [2.45, 2.75) is 32.1 Å². The molecule has 1 aromatic carbocycles. The maximum Gasteiger partial charge on any atom is 0.115 e. The lowest BCUT2D eigenvalue weighted by Crippen LogP contribution is -2.35. The summed E-state index contributed by atoms with van der Waals surface area (Å²) in [5.74, 6) is 0.404. The van der Waals surface area contributed by atoms with Gasteiger partial charge >= 0.3 is 0 Å². The second-order valence-corrected chi connectivity index (χ2v) is 5.24. The SMILES string of the molecule is Oc1ccc2c(c1)CCC1(CCOCC1)C2. The van der Waals surface area contributed by atoms with Crippen molar-refractivity contribution in [1.82, 2.24) is 0 Å². The highest BCUT2D eigenvalue weighted by atomic mass is 16.5. The average Bonchev–Trinajstić information content (AvgIpc) is 2.31. The predicted octanol–water partition coefficient (Wildman–Crippen LogP) is 2.68. The van der Waals surface area contributed by atoms with Gasteiger partial charge in [-0.05, 0) is 60.8 Å². The highest BCUT2D eigenvalue weighted by Gasteiger charge is 2.35. The number of hydrogen-bond donors (Lipinski definition) is 1. The summed E-state index contributed by atoms with van der Waals surface area (Å²) in [5.41, 5.74) is 3.27. The quantitative estimate of drug-likeness (QED) is 0.725. The zero-order valence-corrected chi connectivity index (χ0v) is 9.54. The van der Waals surface area contributed by atoms with Gasteiger partial charge in [0.1, 0.15) is 5.75 Å². The van der Waals surface area contributed by atoms with Gasteiger partial charge < -0.3 is 9.84 Å². The van der Waals surface area contributed by atoms with Crippen LogP contribution in [-0.4, -0.2) is 18.3 Å². The third-order valence-electron chi connectivity index (χ3n) is 4.23. The summed E-state index contributed by atoms with van der Waals surface area (Å²) >= 11 is 0. The molecule has 3 rings (SSSR count). The molecule has 0 amide bonds. The molecule has 0 radical (unpaired) electrons. The van der Waals surface area contributed by atoms with Crippen LogP contribution in [0.4, 0.5) is 0 Å². The number of hydrogen-bond acceptors (Lipinski definition) is 2. The Balaban J connectivity index is 1.88. The average molecular weight is 218 g/mol. The molecule has 0 atom stereocenters. The van der Waals surface area contributed by atoms with E-state index in [1.54, 1.807) is 0 Å². The third kappa shape index (κ3) is 1.71. The number of aryl methyl sites for hydroxylation is 1. The lowest BCUT2D eigenvalue weighted by Gasteiger charge is -2.41. The number of aromatic hydroxyl groups is 1. The first-order valence-electron chi connectivity index (χ1n) is 6.16. The molecule has 1 aliphatic heterocycles. The van der Waals surface area contributed by atoms with Crippen molar-refractivity contribution in [2.24, 2.45) is 5.41 Å². The van der Waals surface area contributed by atoms with Crippen molar-refractivity contribution in [2.75, 3.05) is 13.2 Å². The van der Waals surface area contributed by atoms with E-state index in [1.165, 1.54) is 36.8 Å². The van der Waals surface area contributed by atoms with Crippen molar-refractivity contribution in [3.05, 3.63) is 29.3 Å². The van der Waals surface area contributed by atoms with Crippen LogP contribution in [0.2, 0.25) is 0 Å². The van der Waals surface area contributed by atoms with E-state index in [1.807, 2.05) is 12.1 Å². The minimum absolute atomic E-state index is 0.404. The largest absolute Gasteiger partial charge is 0.508 e. The number of phenolic OH excluding ortho intramolecular Hbond substituents is 1. The molecule has 1 aromatic rings. The molecule has 1 heterocycles. The Labute approximate surface area is 96.2 Å². The van der Waals surface area contributed by atoms with E-state index in [9.17, 15) is 5.11 Å². The smallest absolute Gasteiger partial charge is 0.115 e. The number of phenols is 1. The highest BCUT2D eigenvalue weighted by Crippen LogP contribution is 2.43. The van der Waals surface area contributed by atoms with Gasteiger partial charge in [-0.1, -0.05) is 6.07 Å². The number of rotatable bonds is 0. The predicted molar refractivity (Wildman–Crippen MR) is 62.6 cm³/mol. The Morgan fingerprint density at radius 3 is 2.69 bits per heavy atom. The molecule has 1 saturated heterocycles. The summed E-state index contributed by atoms with van der Waals surface area (Å²) in [6.45, 7) is 1.85. The summed E-state index contributed by atoms with van der Waals surface area (Å²) in [4.78, 5) is 0. The fourth-order valence-corrected chi connectivity index (χ4v) is 3.14. The molecule has 0 saturated carbocycles. The van der Waals surface area contributed by atoms with Gasteiger partial charge in [0.15, 0.2) is 0 Å². The van der Waals surface area contributed by atoms with Gasteiger partial charge in [0, 0.05) is 13.2 Å². The van der Waals surface area contributed by atoms with Gasteiger partial charge in [-0.3, -0.25) is 0 Å². The van der Waals surface area contributed by atoms with Crippen LogP contribution in [0.5, 0.6) is 5.75 Å². The fraction of sp³-hybridized carbons (Fsp3) is 0.571. The van der Waals surface area contributed by atoms with Gasteiger partial charge in [0.2, 0.25) is 0 Å². The monoisotopic (exact) mass is 218 g/mol. The summed E-state index contributed by atoms with van der Waals surface area (Å²) in [7, 11) is 0. The van der Waals surface area contributed by atoms with Gasteiger partial charge in [-0.25, -0.2) is 0 Å². The van der Waals surface area contributed by atoms with Crippen LogP contribution in [0.3, 0.4) is 0 Å². The van der Waals surface area contributed by atoms with Crippen molar-refractivity contribution >= 4 is 0 Å². The Bertz CT molecular complexity index is 392. The molecule has 1 aliphatic carbocycles. The molecule has 16 heavy (non-hydrogen) atoms. The lowest BCUT2D eigenvalue weighted by atomic mass is 9.67. The van der Waals surface area contributed by atoms with E-state index in [-0.39, 0.29) is 0 Å². The zero-order valence-electron chi connectivity index (χ0n) is 9.54. The third-order valence-corrected chi connectivity index (χ3v) is 4.23. The molecule has 86 valence electrons. The summed E-state index contributed by atoms with van der Waals surface area (Å²) in [5, 5.41) is 9.47. The van der Waals surface area contributed by atoms with Crippen molar-refractivity contribution in [3.63, 3.8) is 0 Å².